The summed E-state index contributed by atoms with van der Waals surface area (Å²) in [4.78, 5) is 0. The van der Waals surface area contributed by atoms with Gasteiger partial charge in [0.05, 0.1) is 13.7 Å². The fourth-order valence-electron chi connectivity index (χ4n) is 1.72. The Kier molecular flexibility index (Phi) is 6.48. The lowest BCUT2D eigenvalue weighted by Gasteiger charge is -2.14. The highest BCUT2D eigenvalue weighted by molar-refractivity contribution is 5.46. The third-order valence-electron chi connectivity index (χ3n) is 2.67. The smallest absolute Gasteiger partial charge is 0.163 e. The first-order valence-corrected chi connectivity index (χ1v) is 6.32. The Balaban J connectivity index is 2.74. The number of hydrogen-bond acceptors (Lipinski definition) is 3. The van der Waals surface area contributed by atoms with E-state index >= 15 is 0 Å². The molecule has 0 aliphatic heterocycles. The van der Waals surface area contributed by atoms with Crippen LogP contribution in [0.5, 0.6) is 11.5 Å². The van der Waals surface area contributed by atoms with Crippen LogP contribution in [0.1, 0.15) is 31.7 Å². The van der Waals surface area contributed by atoms with Crippen molar-refractivity contribution in [1.29, 1.82) is 0 Å². The van der Waals surface area contributed by atoms with Gasteiger partial charge in [0, 0.05) is 0 Å². The van der Waals surface area contributed by atoms with Gasteiger partial charge >= 0.3 is 0 Å². The van der Waals surface area contributed by atoms with Crippen molar-refractivity contribution >= 4 is 0 Å². The second-order valence-electron chi connectivity index (χ2n) is 4.04. The molecule has 0 aromatic heterocycles. The van der Waals surface area contributed by atoms with E-state index in [9.17, 15) is 0 Å². The van der Waals surface area contributed by atoms with Crippen LogP contribution in [0.3, 0.4) is 0 Å². The van der Waals surface area contributed by atoms with Crippen molar-refractivity contribution in [1.82, 2.24) is 0 Å². The van der Waals surface area contributed by atoms with Crippen molar-refractivity contribution in [3.8, 4) is 11.5 Å². The van der Waals surface area contributed by atoms with Gasteiger partial charge in [0.2, 0.25) is 0 Å². The fourth-order valence-corrected chi connectivity index (χ4v) is 1.72. The van der Waals surface area contributed by atoms with Gasteiger partial charge in [-0.15, -0.1) is 0 Å². The molecule has 0 saturated heterocycles. The minimum atomic E-state index is 0.698. The molecule has 1 aromatic carbocycles. The zero-order valence-electron chi connectivity index (χ0n) is 10.9. The molecule has 0 heterocycles. The van der Waals surface area contributed by atoms with Gasteiger partial charge in [0.25, 0.3) is 0 Å². The Morgan fingerprint density at radius 1 is 1.24 bits per heavy atom. The van der Waals surface area contributed by atoms with Crippen LogP contribution in [0, 0.1) is 0 Å². The van der Waals surface area contributed by atoms with Gasteiger partial charge in [0.15, 0.2) is 11.5 Å². The van der Waals surface area contributed by atoms with Gasteiger partial charge in [-0.1, -0.05) is 25.5 Å². The number of nitrogens with two attached hydrogens (primary N) is 1. The first-order chi connectivity index (χ1) is 8.33. The molecule has 1 aromatic rings. The molecular weight excluding hydrogens is 214 g/mol. The maximum atomic E-state index is 5.73. The van der Waals surface area contributed by atoms with E-state index in [2.05, 4.69) is 13.0 Å². The summed E-state index contributed by atoms with van der Waals surface area (Å²) in [5, 5.41) is 0. The van der Waals surface area contributed by atoms with Gasteiger partial charge in [-0.25, -0.2) is 0 Å². The molecule has 0 aliphatic rings. The van der Waals surface area contributed by atoms with E-state index in [0.29, 0.717) is 6.54 Å². The van der Waals surface area contributed by atoms with Crippen LogP contribution in [0.2, 0.25) is 0 Å². The summed E-state index contributed by atoms with van der Waals surface area (Å²) in [5.74, 6) is 1.70. The summed E-state index contributed by atoms with van der Waals surface area (Å²) in [6.07, 6.45) is 4.10. The Morgan fingerprint density at radius 3 is 2.71 bits per heavy atom. The predicted molar refractivity (Wildman–Crippen MR) is 70.8 cm³/mol. The lowest BCUT2D eigenvalue weighted by molar-refractivity contribution is 0.287. The van der Waals surface area contributed by atoms with E-state index in [1.165, 1.54) is 5.56 Å². The van der Waals surface area contributed by atoms with E-state index in [1.807, 2.05) is 12.1 Å². The number of methoxy groups -OCH3 is 1. The topological polar surface area (TPSA) is 44.5 Å². The summed E-state index contributed by atoms with van der Waals surface area (Å²) in [7, 11) is 1.69. The Hall–Kier alpha value is -1.22. The number of para-hydroxylation sites is 1. The molecule has 0 spiro atoms. The van der Waals surface area contributed by atoms with E-state index in [-0.39, 0.29) is 0 Å². The van der Waals surface area contributed by atoms with Crippen LogP contribution in [-0.2, 0) is 6.42 Å². The Labute approximate surface area is 104 Å². The molecule has 2 N–H and O–H groups in total. The molecule has 0 bridgehead atoms. The van der Waals surface area contributed by atoms with E-state index in [1.54, 1.807) is 7.11 Å². The lowest BCUT2D eigenvalue weighted by atomic mass is 10.1. The summed E-state index contributed by atoms with van der Waals surface area (Å²) in [5.41, 5.74) is 6.71. The second kappa shape index (κ2) is 7.96. The molecule has 0 amide bonds. The minimum Gasteiger partial charge on any atom is -0.493 e. The molecule has 0 unspecified atom stereocenters. The zero-order valence-corrected chi connectivity index (χ0v) is 10.9. The first kappa shape index (κ1) is 13.8. The standard InChI is InChI=1S/C14H23NO2/c1-3-4-11-17-13-9-5-7-12(8-6-10-15)14(13)16-2/h5,7,9H,3-4,6,8,10-11,15H2,1-2H3. The summed E-state index contributed by atoms with van der Waals surface area (Å²) in [6, 6.07) is 6.04. The van der Waals surface area contributed by atoms with Crippen LogP contribution in [0.25, 0.3) is 0 Å². The third kappa shape index (κ3) is 4.27. The molecular formula is C14H23NO2. The normalized spacial score (nSPS) is 10.3. The van der Waals surface area contributed by atoms with Crippen molar-refractivity contribution in [3.63, 3.8) is 0 Å². The van der Waals surface area contributed by atoms with Crippen LogP contribution >= 0.6 is 0 Å². The van der Waals surface area contributed by atoms with Crippen LogP contribution in [0.15, 0.2) is 18.2 Å². The average molecular weight is 237 g/mol. The molecule has 0 aliphatic carbocycles. The van der Waals surface area contributed by atoms with Crippen molar-refractivity contribution < 1.29 is 9.47 Å². The summed E-state index contributed by atoms with van der Waals surface area (Å²) in [6.45, 7) is 3.59. The Morgan fingerprint density at radius 2 is 2.06 bits per heavy atom. The van der Waals surface area contributed by atoms with Gasteiger partial charge in [-0.05, 0) is 37.4 Å². The van der Waals surface area contributed by atoms with Crippen LogP contribution in [-0.4, -0.2) is 20.3 Å². The molecule has 0 atom stereocenters. The maximum absolute atomic E-state index is 5.73. The van der Waals surface area contributed by atoms with E-state index < -0.39 is 0 Å². The Bertz CT molecular complexity index is 326. The molecule has 0 radical (unpaired) electrons. The van der Waals surface area contributed by atoms with Crippen molar-refractivity contribution in [3.05, 3.63) is 23.8 Å². The van der Waals surface area contributed by atoms with Crippen LogP contribution in [0.4, 0.5) is 0 Å². The molecule has 1 rings (SSSR count). The third-order valence-corrected chi connectivity index (χ3v) is 2.67. The molecule has 17 heavy (non-hydrogen) atoms. The minimum absolute atomic E-state index is 0.698. The average Bonchev–Trinajstić information content (AvgIpc) is 2.36. The lowest BCUT2D eigenvalue weighted by Crippen LogP contribution is -2.04. The maximum Gasteiger partial charge on any atom is 0.163 e. The van der Waals surface area contributed by atoms with E-state index in [0.717, 1.165) is 43.8 Å². The number of unbranched alkanes of at least 4 members (excludes halogenated alkanes) is 1. The molecule has 3 heteroatoms. The highest BCUT2D eigenvalue weighted by Gasteiger charge is 2.09. The van der Waals surface area contributed by atoms with Gasteiger partial charge in [0.1, 0.15) is 0 Å². The van der Waals surface area contributed by atoms with Crippen LogP contribution < -0.4 is 15.2 Å². The fraction of sp³-hybridized carbons (Fsp3) is 0.571. The van der Waals surface area contributed by atoms with Crippen molar-refractivity contribution in [2.75, 3.05) is 20.3 Å². The van der Waals surface area contributed by atoms with Crippen molar-refractivity contribution in [2.45, 2.75) is 32.6 Å². The van der Waals surface area contributed by atoms with Gasteiger partial charge in [-0.3, -0.25) is 0 Å². The highest BCUT2D eigenvalue weighted by atomic mass is 16.5. The predicted octanol–water partition coefficient (Wildman–Crippen LogP) is 2.77. The zero-order chi connectivity index (χ0) is 12.5. The van der Waals surface area contributed by atoms with E-state index in [4.69, 9.17) is 15.2 Å². The highest BCUT2D eigenvalue weighted by Crippen LogP contribution is 2.31. The number of aryl methyl sites for hydroxylation is 1. The quantitative estimate of drug-likeness (QED) is 0.707. The summed E-state index contributed by atoms with van der Waals surface area (Å²) >= 11 is 0. The second-order valence-corrected chi connectivity index (χ2v) is 4.04. The molecule has 3 nitrogen and oxygen atoms in total. The van der Waals surface area contributed by atoms with Crippen molar-refractivity contribution in [2.24, 2.45) is 5.73 Å². The first-order valence-electron chi connectivity index (χ1n) is 6.32. The number of benzene rings is 1. The number of hydrogen-bond donors (Lipinski definition) is 1. The van der Waals surface area contributed by atoms with Gasteiger partial charge in [-0.2, -0.15) is 0 Å². The molecule has 0 saturated carbocycles. The summed E-state index contributed by atoms with van der Waals surface area (Å²) < 4.78 is 11.2. The number of ether oxygens (including phenoxy) is 2. The van der Waals surface area contributed by atoms with Gasteiger partial charge < -0.3 is 15.2 Å². The largest absolute Gasteiger partial charge is 0.493 e. The monoisotopic (exact) mass is 237 g/mol. The SMILES string of the molecule is CCCCOc1cccc(CCCN)c1OC. The molecule has 0 fully saturated rings. The number of rotatable bonds is 8. The molecule has 96 valence electrons.